The second kappa shape index (κ2) is 9.33. The molecule has 0 radical (unpaired) electrons. The zero-order valence-electron chi connectivity index (χ0n) is 18.4. The standard InChI is InChI=1S/C23H28N6O3/c1-3-28-22-19(14-25-28)21(27-17-7-5-4-6-8-17)20(13-24-22)23(30)26-15(2)16-9-11-18(12-10-16)29(31)32/h9-15,17H,3-8H2,1-2H3,(H,24,27)(H,26,30)/t15-/m1/s1. The summed E-state index contributed by atoms with van der Waals surface area (Å²) in [6, 6.07) is 6.22. The van der Waals surface area contributed by atoms with Crippen molar-refractivity contribution >= 4 is 28.3 Å². The van der Waals surface area contributed by atoms with E-state index in [1.165, 1.54) is 31.4 Å². The highest BCUT2D eigenvalue weighted by Crippen LogP contribution is 2.30. The van der Waals surface area contributed by atoms with E-state index >= 15 is 0 Å². The molecule has 2 N–H and O–H groups in total. The molecule has 1 aliphatic carbocycles. The fraction of sp³-hybridized carbons (Fsp3) is 0.435. The largest absolute Gasteiger partial charge is 0.381 e. The number of fused-ring (bicyclic) bond motifs is 1. The summed E-state index contributed by atoms with van der Waals surface area (Å²) in [5.41, 5.74) is 2.82. The lowest BCUT2D eigenvalue weighted by Gasteiger charge is -2.25. The lowest BCUT2D eigenvalue weighted by Crippen LogP contribution is -2.29. The number of nitro benzene ring substituents is 1. The number of rotatable bonds is 7. The maximum absolute atomic E-state index is 13.3. The molecule has 0 spiro atoms. The zero-order chi connectivity index (χ0) is 22.7. The van der Waals surface area contributed by atoms with Gasteiger partial charge in [-0.3, -0.25) is 14.9 Å². The Morgan fingerprint density at radius 2 is 1.94 bits per heavy atom. The summed E-state index contributed by atoms with van der Waals surface area (Å²) >= 11 is 0. The fourth-order valence-electron chi connectivity index (χ4n) is 4.28. The van der Waals surface area contributed by atoms with Crippen molar-refractivity contribution in [2.24, 2.45) is 0 Å². The number of nitrogens with one attached hydrogen (secondary N) is 2. The number of non-ortho nitro benzene ring substituents is 1. The van der Waals surface area contributed by atoms with Crippen molar-refractivity contribution in [2.75, 3.05) is 5.32 Å². The van der Waals surface area contributed by atoms with Gasteiger partial charge in [0.25, 0.3) is 11.6 Å². The molecule has 1 amide bonds. The van der Waals surface area contributed by atoms with Crippen molar-refractivity contribution in [3.8, 4) is 0 Å². The Morgan fingerprint density at radius 1 is 1.22 bits per heavy atom. The van der Waals surface area contributed by atoms with Gasteiger partial charge in [0.05, 0.1) is 33.8 Å². The molecule has 0 aliphatic heterocycles. The Bertz CT molecular complexity index is 1120. The Balaban J connectivity index is 1.62. The third kappa shape index (κ3) is 4.42. The van der Waals surface area contributed by atoms with Gasteiger partial charge in [-0.05, 0) is 32.3 Å². The molecule has 2 heterocycles. The summed E-state index contributed by atoms with van der Waals surface area (Å²) in [6.07, 6.45) is 9.14. The Morgan fingerprint density at radius 3 is 2.59 bits per heavy atom. The number of anilines is 1. The van der Waals surface area contributed by atoms with Crippen LogP contribution in [0.25, 0.3) is 11.0 Å². The second-order valence-corrected chi connectivity index (χ2v) is 8.27. The zero-order valence-corrected chi connectivity index (χ0v) is 18.4. The van der Waals surface area contributed by atoms with E-state index in [1.807, 2.05) is 18.5 Å². The fourth-order valence-corrected chi connectivity index (χ4v) is 4.28. The van der Waals surface area contributed by atoms with Gasteiger partial charge in [0.15, 0.2) is 5.65 Å². The molecule has 1 aliphatic rings. The van der Waals surface area contributed by atoms with Crippen LogP contribution in [0.2, 0.25) is 0 Å². The van der Waals surface area contributed by atoms with Gasteiger partial charge in [0.1, 0.15) is 0 Å². The van der Waals surface area contributed by atoms with E-state index in [1.54, 1.807) is 24.5 Å². The normalized spacial score (nSPS) is 15.4. The van der Waals surface area contributed by atoms with Crippen molar-refractivity contribution in [1.82, 2.24) is 20.1 Å². The minimum absolute atomic E-state index is 0.0221. The maximum atomic E-state index is 13.3. The Labute approximate surface area is 186 Å². The number of aromatic nitrogens is 3. The van der Waals surface area contributed by atoms with Crippen molar-refractivity contribution in [2.45, 2.75) is 64.6 Å². The number of carbonyl (C=O) groups excluding carboxylic acids is 1. The highest BCUT2D eigenvalue weighted by molar-refractivity contribution is 6.06. The summed E-state index contributed by atoms with van der Waals surface area (Å²) in [7, 11) is 0. The first-order valence-electron chi connectivity index (χ1n) is 11.1. The van der Waals surface area contributed by atoms with Crippen molar-refractivity contribution in [3.63, 3.8) is 0 Å². The van der Waals surface area contributed by atoms with Crippen LogP contribution < -0.4 is 10.6 Å². The minimum atomic E-state index is -0.437. The molecule has 0 bridgehead atoms. The average Bonchev–Trinajstić information content (AvgIpc) is 3.23. The Kier molecular flexibility index (Phi) is 6.34. The van der Waals surface area contributed by atoms with Crippen LogP contribution in [-0.4, -0.2) is 31.6 Å². The number of hydrogen-bond acceptors (Lipinski definition) is 6. The van der Waals surface area contributed by atoms with Gasteiger partial charge in [0.2, 0.25) is 0 Å². The summed E-state index contributed by atoms with van der Waals surface area (Å²) < 4.78 is 1.82. The number of nitrogens with zero attached hydrogens (tertiary/aromatic N) is 4. The third-order valence-corrected chi connectivity index (χ3v) is 6.12. The minimum Gasteiger partial charge on any atom is -0.381 e. The molecule has 3 aromatic rings. The van der Waals surface area contributed by atoms with Crippen LogP contribution in [0.1, 0.15) is 67.9 Å². The number of pyridine rings is 1. The highest BCUT2D eigenvalue weighted by atomic mass is 16.6. The number of nitro groups is 1. The third-order valence-electron chi connectivity index (χ3n) is 6.12. The van der Waals surface area contributed by atoms with Crippen LogP contribution in [0.3, 0.4) is 0 Å². The molecule has 1 fully saturated rings. The summed E-state index contributed by atoms with van der Waals surface area (Å²) in [5, 5.41) is 22.8. The van der Waals surface area contributed by atoms with Crippen molar-refractivity contribution in [1.29, 1.82) is 0 Å². The van der Waals surface area contributed by atoms with E-state index < -0.39 is 4.92 Å². The SMILES string of the molecule is CCn1ncc2c(NC3CCCCC3)c(C(=O)N[C@H](C)c3ccc([N+](=O)[O-])cc3)cnc21. The molecular formula is C23H28N6O3. The van der Waals surface area contributed by atoms with E-state index in [0.29, 0.717) is 18.2 Å². The van der Waals surface area contributed by atoms with Gasteiger partial charge < -0.3 is 10.6 Å². The first-order valence-corrected chi connectivity index (χ1v) is 11.1. The first kappa shape index (κ1) is 21.7. The molecule has 32 heavy (non-hydrogen) atoms. The smallest absolute Gasteiger partial charge is 0.269 e. The quantitative estimate of drug-likeness (QED) is 0.413. The van der Waals surface area contributed by atoms with E-state index in [2.05, 4.69) is 20.7 Å². The molecule has 2 aromatic heterocycles. The Hall–Kier alpha value is -3.49. The van der Waals surface area contributed by atoms with Crippen LogP contribution in [0, 0.1) is 10.1 Å². The average molecular weight is 437 g/mol. The van der Waals surface area contributed by atoms with E-state index in [9.17, 15) is 14.9 Å². The van der Waals surface area contributed by atoms with Crippen LogP contribution in [0.15, 0.2) is 36.7 Å². The molecular weight excluding hydrogens is 408 g/mol. The van der Waals surface area contributed by atoms with Gasteiger partial charge in [-0.25, -0.2) is 9.67 Å². The van der Waals surface area contributed by atoms with Crippen molar-refractivity contribution < 1.29 is 9.72 Å². The topological polar surface area (TPSA) is 115 Å². The number of aryl methyl sites for hydroxylation is 1. The second-order valence-electron chi connectivity index (χ2n) is 8.27. The van der Waals surface area contributed by atoms with E-state index in [4.69, 9.17) is 0 Å². The molecule has 9 nitrogen and oxygen atoms in total. The molecule has 0 saturated heterocycles. The van der Waals surface area contributed by atoms with Gasteiger partial charge in [-0.1, -0.05) is 31.4 Å². The van der Waals surface area contributed by atoms with Crippen LogP contribution in [0.4, 0.5) is 11.4 Å². The predicted octanol–water partition coefficient (Wildman–Crippen LogP) is 4.60. The highest BCUT2D eigenvalue weighted by Gasteiger charge is 2.23. The van der Waals surface area contributed by atoms with Crippen LogP contribution >= 0.6 is 0 Å². The van der Waals surface area contributed by atoms with Gasteiger partial charge in [0, 0.05) is 30.9 Å². The van der Waals surface area contributed by atoms with E-state index in [0.717, 1.165) is 35.1 Å². The number of hydrogen-bond donors (Lipinski definition) is 2. The molecule has 0 unspecified atom stereocenters. The molecule has 4 rings (SSSR count). The number of benzene rings is 1. The van der Waals surface area contributed by atoms with Crippen molar-refractivity contribution in [3.05, 3.63) is 57.9 Å². The molecule has 1 atom stereocenters. The summed E-state index contributed by atoms with van der Waals surface area (Å²) in [6.45, 7) is 4.56. The summed E-state index contributed by atoms with van der Waals surface area (Å²) in [5.74, 6) is -0.243. The van der Waals surface area contributed by atoms with E-state index in [-0.39, 0.29) is 17.6 Å². The maximum Gasteiger partial charge on any atom is 0.269 e. The predicted molar refractivity (Wildman–Crippen MR) is 123 cm³/mol. The number of carbonyl (C=O) groups is 1. The van der Waals surface area contributed by atoms with Gasteiger partial charge >= 0.3 is 0 Å². The lowest BCUT2D eigenvalue weighted by molar-refractivity contribution is -0.384. The molecule has 1 aromatic carbocycles. The number of amides is 1. The first-order chi connectivity index (χ1) is 15.5. The van der Waals surface area contributed by atoms with Gasteiger partial charge in [-0.15, -0.1) is 0 Å². The van der Waals surface area contributed by atoms with Crippen LogP contribution in [-0.2, 0) is 6.54 Å². The lowest BCUT2D eigenvalue weighted by atomic mass is 9.95. The van der Waals surface area contributed by atoms with Crippen LogP contribution in [0.5, 0.6) is 0 Å². The molecule has 168 valence electrons. The summed E-state index contributed by atoms with van der Waals surface area (Å²) in [4.78, 5) is 28.2. The molecule has 9 heteroatoms. The molecule has 1 saturated carbocycles. The monoisotopic (exact) mass is 436 g/mol. The van der Waals surface area contributed by atoms with Gasteiger partial charge in [-0.2, -0.15) is 5.10 Å².